The number of aryl methyl sites for hydroxylation is 1. The number of piperazine rings is 1. The molecule has 4 nitrogen and oxygen atoms in total. The van der Waals surface area contributed by atoms with Crippen LogP contribution in [0.2, 0.25) is 0 Å². The standard InChI is InChI=1S/C19H31N3O/c1-17-5-3-6-19(18(17)2)22-11-9-20(10-12-22)7-4-8-21-13-15-23-16-14-21/h3,5-6H,4,7-16H2,1-2H3. The largest absolute Gasteiger partial charge is 0.379 e. The molecule has 4 heteroatoms. The van der Waals surface area contributed by atoms with Gasteiger partial charge in [0.2, 0.25) is 0 Å². The Morgan fingerprint density at radius 1 is 0.870 bits per heavy atom. The summed E-state index contributed by atoms with van der Waals surface area (Å²) in [7, 11) is 0. The van der Waals surface area contributed by atoms with Crippen LogP contribution in [0.25, 0.3) is 0 Å². The Bertz CT molecular complexity index is 491. The molecule has 2 aliphatic rings. The molecular formula is C19H31N3O. The Kier molecular flexibility index (Phi) is 5.92. The second-order valence-electron chi connectivity index (χ2n) is 6.86. The zero-order valence-corrected chi connectivity index (χ0v) is 14.8. The summed E-state index contributed by atoms with van der Waals surface area (Å²) in [6.45, 7) is 15.7. The molecule has 0 amide bonds. The minimum Gasteiger partial charge on any atom is -0.379 e. The van der Waals surface area contributed by atoms with Crippen LogP contribution in [0.15, 0.2) is 18.2 Å². The van der Waals surface area contributed by atoms with Crippen molar-refractivity contribution >= 4 is 5.69 Å². The van der Waals surface area contributed by atoms with Gasteiger partial charge in [-0.05, 0) is 50.6 Å². The third kappa shape index (κ3) is 4.46. The Morgan fingerprint density at radius 3 is 2.22 bits per heavy atom. The number of ether oxygens (including phenoxy) is 1. The summed E-state index contributed by atoms with van der Waals surface area (Å²) in [5, 5.41) is 0. The van der Waals surface area contributed by atoms with Crippen LogP contribution in [-0.4, -0.2) is 75.4 Å². The Hall–Kier alpha value is -1.10. The monoisotopic (exact) mass is 317 g/mol. The molecule has 0 saturated carbocycles. The lowest BCUT2D eigenvalue weighted by molar-refractivity contribution is 0.0360. The second kappa shape index (κ2) is 8.13. The summed E-state index contributed by atoms with van der Waals surface area (Å²) in [6, 6.07) is 6.67. The van der Waals surface area contributed by atoms with Crippen molar-refractivity contribution in [1.29, 1.82) is 0 Å². The number of nitrogens with zero attached hydrogens (tertiary/aromatic N) is 3. The number of hydrogen-bond donors (Lipinski definition) is 0. The van der Waals surface area contributed by atoms with Gasteiger partial charge < -0.3 is 9.64 Å². The molecule has 0 N–H and O–H groups in total. The first-order valence-electron chi connectivity index (χ1n) is 9.07. The minimum atomic E-state index is 0.911. The van der Waals surface area contributed by atoms with Crippen molar-refractivity contribution < 1.29 is 4.74 Å². The molecule has 0 aliphatic carbocycles. The summed E-state index contributed by atoms with van der Waals surface area (Å²) in [5.74, 6) is 0. The highest BCUT2D eigenvalue weighted by atomic mass is 16.5. The summed E-state index contributed by atoms with van der Waals surface area (Å²) in [5.41, 5.74) is 4.27. The van der Waals surface area contributed by atoms with Crippen molar-refractivity contribution in [3.05, 3.63) is 29.3 Å². The number of anilines is 1. The molecule has 2 heterocycles. The van der Waals surface area contributed by atoms with E-state index < -0.39 is 0 Å². The first-order valence-corrected chi connectivity index (χ1v) is 9.07. The van der Waals surface area contributed by atoms with Gasteiger partial charge in [0.25, 0.3) is 0 Å². The molecule has 0 bridgehead atoms. The fraction of sp³-hybridized carbons (Fsp3) is 0.684. The van der Waals surface area contributed by atoms with E-state index in [9.17, 15) is 0 Å². The lowest BCUT2D eigenvalue weighted by atomic mass is 10.1. The predicted octanol–water partition coefficient (Wildman–Crippen LogP) is 2.15. The van der Waals surface area contributed by atoms with Gasteiger partial charge in [0.1, 0.15) is 0 Å². The van der Waals surface area contributed by atoms with E-state index in [1.54, 1.807) is 0 Å². The summed E-state index contributed by atoms with van der Waals surface area (Å²) >= 11 is 0. The molecule has 2 aliphatic heterocycles. The third-order valence-electron chi connectivity index (χ3n) is 5.34. The maximum atomic E-state index is 5.41. The number of benzene rings is 1. The predicted molar refractivity (Wildman–Crippen MR) is 96.4 cm³/mol. The normalized spacial score (nSPS) is 20.9. The van der Waals surface area contributed by atoms with Crippen molar-refractivity contribution in [2.75, 3.05) is 70.5 Å². The highest BCUT2D eigenvalue weighted by Gasteiger charge is 2.19. The SMILES string of the molecule is Cc1cccc(N2CCN(CCCN3CCOCC3)CC2)c1C. The van der Waals surface area contributed by atoms with Crippen LogP contribution in [0.1, 0.15) is 17.5 Å². The zero-order valence-electron chi connectivity index (χ0n) is 14.8. The van der Waals surface area contributed by atoms with Gasteiger partial charge in [-0.2, -0.15) is 0 Å². The Balaban J connectivity index is 1.40. The summed E-state index contributed by atoms with van der Waals surface area (Å²) in [4.78, 5) is 7.72. The summed E-state index contributed by atoms with van der Waals surface area (Å²) < 4.78 is 5.41. The van der Waals surface area contributed by atoms with E-state index in [2.05, 4.69) is 46.7 Å². The van der Waals surface area contributed by atoms with E-state index in [0.717, 1.165) is 39.4 Å². The van der Waals surface area contributed by atoms with Crippen LogP contribution in [0.4, 0.5) is 5.69 Å². The number of hydrogen-bond acceptors (Lipinski definition) is 4. The highest BCUT2D eigenvalue weighted by Crippen LogP contribution is 2.23. The molecular weight excluding hydrogens is 286 g/mol. The van der Waals surface area contributed by atoms with E-state index in [1.165, 1.54) is 49.4 Å². The van der Waals surface area contributed by atoms with Crippen LogP contribution < -0.4 is 4.90 Å². The molecule has 0 atom stereocenters. The van der Waals surface area contributed by atoms with E-state index in [-0.39, 0.29) is 0 Å². The number of morpholine rings is 1. The molecule has 1 aromatic carbocycles. The fourth-order valence-electron chi connectivity index (χ4n) is 3.63. The smallest absolute Gasteiger partial charge is 0.0594 e. The molecule has 0 radical (unpaired) electrons. The molecule has 1 aromatic rings. The fourth-order valence-corrected chi connectivity index (χ4v) is 3.63. The molecule has 128 valence electrons. The lowest BCUT2D eigenvalue weighted by Gasteiger charge is -2.37. The second-order valence-corrected chi connectivity index (χ2v) is 6.86. The van der Waals surface area contributed by atoms with Gasteiger partial charge in [-0.1, -0.05) is 12.1 Å². The first kappa shape index (κ1) is 16.7. The zero-order chi connectivity index (χ0) is 16.1. The summed E-state index contributed by atoms with van der Waals surface area (Å²) in [6.07, 6.45) is 1.28. The van der Waals surface area contributed by atoms with Crippen molar-refractivity contribution in [2.45, 2.75) is 20.3 Å². The van der Waals surface area contributed by atoms with E-state index in [0.29, 0.717) is 0 Å². The van der Waals surface area contributed by atoms with Gasteiger partial charge in [-0.15, -0.1) is 0 Å². The van der Waals surface area contributed by atoms with Crippen LogP contribution in [-0.2, 0) is 4.74 Å². The van der Waals surface area contributed by atoms with Gasteiger partial charge in [-0.3, -0.25) is 9.80 Å². The molecule has 23 heavy (non-hydrogen) atoms. The molecule has 2 saturated heterocycles. The molecule has 0 spiro atoms. The molecule has 2 fully saturated rings. The third-order valence-corrected chi connectivity index (χ3v) is 5.34. The molecule has 3 rings (SSSR count). The van der Waals surface area contributed by atoms with Crippen molar-refractivity contribution in [3.8, 4) is 0 Å². The van der Waals surface area contributed by atoms with Gasteiger partial charge >= 0.3 is 0 Å². The van der Waals surface area contributed by atoms with Crippen LogP contribution in [0.3, 0.4) is 0 Å². The van der Waals surface area contributed by atoms with Crippen molar-refractivity contribution in [1.82, 2.24) is 9.80 Å². The van der Waals surface area contributed by atoms with Crippen molar-refractivity contribution in [3.63, 3.8) is 0 Å². The van der Waals surface area contributed by atoms with E-state index >= 15 is 0 Å². The average molecular weight is 317 g/mol. The van der Waals surface area contributed by atoms with Crippen LogP contribution >= 0.6 is 0 Å². The van der Waals surface area contributed by atoms with Gasteiger partial charge in [-0.25, -0.2) is 0 Å². The minimum absolute atomic E-state index is 0.911. The molecule has 0 unspecified atom stereocenters. The topological polar surface area (TPSA) is 19.0 Å². The number of rotatable bonds is 5. The van der Waals surface area contributed by atoms with Crippen molar-refractivity contribution in [2.24, 2.45) is 0 Å². The molecule has 0 aromatic heterocycles. The Morgan fingerprint density at radius 2 is 1.52 bits per heavy atom. The van der Waals surface area contributed by atoms with Gasteiger partial charge in [0.05, 0.1) is 13.2 Å². The quantitative estimate of drug-likeness (QED) is 0.828. The lowest BCUT2D eigenvalue weighted by Crippen LogP contribution is -2.47. The Labute approximate surface area is 141 Å². The average Bonchev–Trinajstić information content (AvgIpc) is 2.59. The van der Waals surface area contributed by atoms with Gasteiger partial charge in [0, 0.05) is 45.0 Å². The first-order chi connectivity index (χ1) is 11.2. The highest BCUT2D eigenvalue weighted by molar-refractivity contribution is 5.56. The van der Waals surface area contributed by atoms with Gasteiger partial charge in [0.15, 0.2) is 0 Å². The maximum absolute atomic E-state index is 5.41. The van der Waals surface area contributed by atoms with Crippen LogP contribution in [0, 0.1) is 13.8 Å². The van der Waals surface area contributed by atoms with Crippen LogP contribution in [0.5, 0.6) is 0 Å². The maximum Gasteiger partial charge on any atom is 0.0594 e. The van der Waals surface area contributed by atoms with E-state index in [4.69, 9.17) is 4.74 Å². The van der Waals surface area contributed by atoms with E-state index in [1.807, 2.05) is 0 Å².